The normalized spacial score (nSPS) is 14.9. The van der Waals surface area contributed by atoms with Crippen molar-refractivity contribution < 1.29 is 23.4 Å². The molecule has 0 amide bonds. The Morgan fingerprint density at radius 3 is 2.59 bits per heavy atom. The molecule has 120 valence electrons. The van der Waals surface area contributed by atoms with E-state index in [0.717, 1.165) is 17.2 Å². The number of rotatable bonds is 5. The molecule has 0 fully saturated rings. The molecule has 0 aliphatic carbocycles. The molecule has 2 aromatic rings. The molecule has 1 unspecified atom stereocenters. The summed E-state index contributed by atoms with van der Waals surface area (Å²) in [5.74, 6) is -1.49. The van der Waals surface area contributed by atoms with Crippen LogP contribution in [0.5, 0.6) is 0 Å². The summed E-state index contributed by atoms with van der Waals surface area (Å²) in [6.07, 6.45) is 0. The average Bonchev–Trinajstić information content (AvgIpc) is 2.75. The van der Waals surface area contributed by atoms with Crippen molar-refractivity contribution in [2.45, 2.75) is 31.3 Å². The second-order valence-corrected chi connectivity index (χ2v) is 8.27. The number of nitrogens with one attached hydrogen (secondary N) is 1. The quantitative estimate of drug-likeness (QED) is 0.765. The molecule has 6 nitrogen and oxygen atoms in total. The maximum Gasteiger partial charge on any atom is 0.336 e. The maximum absolute atomic E-state index is 12.5. The van der Waals surface area contributed by atoms with E-state index >= 15 is 0 Å². The summed E-state index contributed by atoms with van der Waals surface area (Å²) in [5.41, 5.74) is -1.19. The van der Waals surface area contributed by atoms with Gasteiger partial charge in [0.1, 0.15) is 4.90 Å². The molecule has 1 atom stereocenters. The zero-order valence-electron chi connectivity index (χ0n) is 12.4. The van der Waals surface area contributed by atoms with Gasteiger partial charge in [0.25, 0.3) is 0 Å². The lowest BCUT2D eigenvalue weighted by Crippen LogP contribution is -2.46. The molecule has 3 N–H and O–H groups in total. The third kappa shape index (κ3) is 3.00. The maximum atomic E-state index is 12.5. The van der Waals surface area contributed by atoms with Crippen molar-refractivity contribution in [3.8, 4) is 0 Å². The first-order valence-corrected chi connectivity index (χ1v) is 8.80. The molecule has 2 rings (SSSR count). The molecule has 1 aromatic heterocycles. The molecule has 0 saturated heterocycles. The second kappa shape index (κ2) is 5.62. The zero-order valence-corrected chi connectivity index (χ0v) is 14.0. The van der Waals surface area contributed by atoms with Gasteiger partial charge in [-0.15, -0.1) is 11.3 Å². The van der Waals surface area contributed by atoms with Crippen molar-refractivity contribution in [3.05, 3.63) is 28.6 Å². The first-order valence-electron chi connectivity index (χ1n) is 6.50. The molecule has 8 heteroatoms. The van der Waals surface area contributed by atoms with E-state index in [1.54, 1.807) is 19.1 Å². The predicted molar refractivity (Wildman–Crippen MR) is 84.7 cm³/mol. The highest BCUT2D eigenvalue weighted by molar-refractivity contribution is 7.90. The average molecular weight is 343 g/mol. The Morgan fingerprint density at radius 1 is 1.36 bits per heavy atom. The second-order valence-electron chi connectivity index (χ2n) is 5.34. The number of aliphatic hydroxyl groups is 1. The number of hydrogen-bond acceptors (Lipinski definition) is 5. The number of hydrogen-bond donors (Lipinski definition) is 3. The van der Waals surface area contributed by atoms with Crippen LogP contribution in [0, 0.1) is 13.8 Å². The Balaban J connectivity index is 2.45. The van der Waals surface area contributed by atoms with Gasteiger partial charge in [0, 0.05) is 15.0 Å². The minimum Gasteiger partial charge on any atom is -0.479 e. The molecule has 0 aliphatic heterocycles. The van der Waals surface area contributed by atoms with E-state index in [0.29, 0.717) is 10.3 Å². The molecule has 0 saturated carbocycles. The molecule has 0 spiro atoms. The smallest absolute Gasteiger partial charge is 0.336 e. The fourth-order valence-electron chi connectivity index (χ4n) is 2.07. The third-order valence-electron chi connectivity index (χ3n) is 3.37. The fourth-order valence-corrected chi connectivity index (χ4v) is 5.06. The number of carbonyl (C=O) groups is 1. The largest absolute Gasteiger partial charge is 0.479 e. The number of fused-ring (bicyclic) bond motifs is 1. The number of aliphatic carboxylic acids is 1. The lowest BCUT2D eigenvalue weighted by Gasteiger charge is -2.18. The first-order chi connectivity index (χ1) is 10.1. The van der Waals surface area contributed by atoms with Crippen LogP contribution in [0.25, 0.3) is 10.1 Å². The van der Waals surface area contributed by atoms with Crippen molar-refractivity contribution in [3.63, 3.8) is 0 Å². The van der Waals surface area contributed by atoms with Gasteiger partial charge in [-0.25, -0.2) is 17.9 Å². The Bertz CT molecular complexity index is 836. The van der Waals surface area contributed by atoms with E-state index in [-0.39, 0.29) is 4.90 Å². The van der Waals surface area contributed by atoms with Crippen molar-refractivity contribution in [2.75, 3.05) is 6.54 Å². The van der Waals surface area contributed by atoms with Crippen molar-refractivity contribution in [2.24, 2.45) is 0 Å². The molecular formula is C14H17NO5S2. The van der Waals surface area contributed by atoms with E-state index in [1.807, 2.05) is 13.0 Å². The molecule has 1 aromatic carbocycles. The summed E-state index contributed by atoms with van der Waals surface area (Å²) in [7, 11) is -3.92. The SMILES string of the molecule is Cc1sc2c(C)cccc2c1S(=O)(=O)NCC(C)(O)C(=O)O. The minimum atomic E-state index is -3.92. The van der Waals surface area contributed by atoms with E-state index in [1.165, 1.54) is 11.3 Å². The predicted octanol–water partition coefficient (Wildman–Crippen LogP) is 1.63. The van der Waals surface area contributed by atoms with Gasteiger partial charge in [-0.05, 0) is 26.3 Å². The van der Waals surface area contributed by atoms with Crippen LogP contribution in [-0.2, 0) is 14.8 Å². The van der Waals surface area contributed by atoms with Crippen LogP contribution in [-0.4, -0.2) is 36.7 Å². The molecule has 0 radical (unpaired) electrons. The number of benzene rings is 1. The fraction of sp³-hybridized carbons (Fsp3) is 0.357. The highest BCUT2D eigenvalue weighted by Crippen LogP contribution is 2.35. The summed E-state index contributed by atoms with van der Waals surface area (Å²) < 4.78 is 28.1. The van der Waals surface area contributed by atoms with E-state index in [4.69, 9.17) is 5.11 Å². The van der Waals surface area contributed by atoms with Crippen molar-refractivity contribution >= 4 is 37.4 Å². The molecule has 0 aliphatic rings. The van der Waals surface area contributed by atoms with Crippen LogP contribution >= 0.6 is 11.3 Å². The number of sulfonamides is 1. The number of carboxylic acids is 1. The van der Waals surface area contributed by atoms with Crippen LogP contribution in [0.3, 0.4) is 0 Å². The van der Waals surface area contributed by atoms with Crippen molar-refractivity contribution in [1.29, 1.82) is 0 Å². The van der Waals surface area contributed by atoms with Crippen LogP contribution in [0.2, 0.25) is 0 Å². The van der Waals surface area contributed by atoms with Crippen molar-refractivity contribution in [1.82, 2.24) is 4.72 Å². The zero-order chi connectivity index (χ0) is 16.7. The van der Waals surface area contributed by atoms with Crippen LogP contribution in [0.1, 0.15) is 17.4 Å². The minimum absolute atomic E-state index is 0.136. The summed E-state index contributed by atoms with van der Waals surface area (Å²) in [6.45, 7) is 4.04. The van der Waals surface area contributed by atoms with Gasteiger partial charge >= 0.3 is 5.97 Å². The van der Waals surface area contributed by atoms with E-state index in [2.05, 4.69) is 4.72 Å². The van der Waals surface area contributed by atoms with Gasteiger partial charge in [-0.1, -0.05) is 18.2 Å². The molecule has 0 bridgehead atoms. The van der Waals surface area contributed by atoms with Gasteiger partial charge in [-0.2, -0.15) is 0 Å². The van der Waals surface area contributed by atoms with Gasteiger partial charge < -0.3 is 10.2 Å². The van der Waals surface area contributed by atoms with Gasteiger partial charge in [0.05, 0.1) is 6.54 Å². The lowest BCUT2D eigenvalue weighted by atomic mass is 10.1. The van der Waals surface area contributed by atoms with Crippen LogP contribution in [0.15, 0.2) is 23.1 Å². The number of carboxylic acid groups (broad SMARTS) is 1. The third-order valence-corrected chi connectivity index (χ3v) is 6.34. The van der Waals surface area contributed by atoms with Crippen LogP contribution in [0.4, 0.5) is 0 Å². The van der Waals surface area contributed by atoms with Gasteiger partial charge in [0.15, 0.2) is 5.60 Å². The van der Waals surface area contributed by atoms with E-state index < -0.39 is 28.1 Å². The molecule has 22 heavy (non-hydrogen) atoms. The Morgan fingerprint density at radius 2 is 2.00 bits per heavy atom. The summed E-state index contributed by atoms with van der Waals surface area (Å²) in [4.78, 5) is 11.6. The highest BCUT2D eigenvalue weighted by Gasteiger charge is 2.33. The molecule has 1 heterocycles. The summed E-state index contributed by atoms with van der Waals surface area (Å²) >= 11 is 1.37. The number of thiophene rings is 1. The Labute approximate surface area is 132 Å². The lowest BCUT2D eigenvalue weighted by molar-refractivity contribution is -0.155. The highest BCUT2D eigenvalue weighted by atomic mass is 32.2. The standard InChI is InChI=1S/C14H17NO5S2/c1-8-5-4-6-10-11(8)21-9(2)12(10)22(19,20)15-7-14(3,18)13(16)17/h4-6,15,18H,7H2,1-3H3,(H,16,17). The Hall–Kier alpha value is -1.48. The first kappa shape index (κ1) is 16.9. The Kier molecular flexibility index (Phi) is 4.31. The topological polar surface area (TPSA) is 104 Å². The monoisotopic (exact) mass is 343 g/mol. The number of aryl methyl sites for hydroxylation is 2. The van der Waals surface area contributed by atoms with Gasteiger partial charge in [-0.3, -0.25) is 0 Å². The summed E-state index contributed by atoms with van der Waals surface area (Å²) in [5, 5.41) is 19.1. The van der Waals surface area contributed by atoms with Crippen LogP contribution < -0.4 is 4.72 Å². The summed E-state index contributed by atoms with van der Waals surface area (Å²) in [6, 6.07) is 5.39. The van der Waals surface area contributed by atoms with E-state index in [9.17, 15) is 18.3 Å². The molecular weight excluding hydrogens is 326 g/mol. The van der Waals surface area contributed by atoms with Gasteiger partial charge in [0.2, 0.25) is 10.0 Å².